The largest absolute Gasteiger partial charge is 0.462 e. The van der Waals surface area contributed by atoms with Crippen LogP contribution >= 0.6 is 11.6 Å². The van der Waals surface area contributed by atoms with Crippen LogP contribution in [0.4, 0.5) is 0 Å². The van der Waals surface area contributed by atoms with E-state index >= 15 is 0 Å². The molecule has 1 aliphatic rings. The van der Waals surface area contributed by atoms with Gasteiger partial charge in [0, 0.05) is 11.4 Å². The maximum Gasteiger partial charge on any atom is 0.338 e. The predicted molar refractivity (Wildman–Crippen MR) is 55.0 cm³/mol. The van der Waals surface area contributed by atoms with E-state index in [2.05, 4.69) is 0 Å². The van der Waals surface area contributed by atoms with Gasteiger partial charge in [-0.25, -0.2) is 4.79 Å². The number of hydrogen-bond acceptors (Lipinski definition) is 2. The van der Waals surface area contributed by atoms with Gasteiger partial charge >= 0.3 is 5.97 Å². The Hall–Kier alpha value is -1.28. The summed E-state index contributed by atoms with van der Waals surface area (Å²) in [6, 6.07) is 7.17. The molecule has 0 aliphatic carbocycles. The van der Waals surface area contributed by atoms with Crippen LogP contribution in [-0.2, 0) is 9.53 Å². The van der Waals surface area contributed by atoms with Crippen LogP contribution < -0.4 is 0 Å². The van der Waals surface area contributed by atoms with E-state index in [9.17, 15) is 4.79 Å². The van der Waals surface area contributed by atoms with Gasteiger partial charge < -0.3 is 4.74 Å². The second-order valence-electron chi connectivity index (χ2n) is 3.05. The first-order chi connectivity index (χ1) is 6.77. The zero-order valence-electron chi connectivity index (χ0n) is 7.50. The molecule has 0 fully saturated rings. The molecule has 1 heterocycles. The topological polar surface area (TPSA) is 26.3 Å². The van der Waals surface area contributed by atoms with Crippen LogP contribution in [0.2, 0.25) is 5.02 Å². The first-order valence-corrected chi connectivity index (χ1v) is 4.78. The third-order valence-electron chi connectivity index (χ3n) is 2.07. The van der Waals surface area contributed by atoms with Crippen molar-refractivity contribution >= 4 is 23.1 Å². The van der Waals surface area contributed by atoms with Crippen LogP contribution in [0.5, 0.6) is 0 Å². The van der Waals surface area contributed by atoms with E-state index in [0.29, 0.717) is 17.2 Å². The SMILES string of the molecule is O=C1OCCC=C1c1ccc(Cl)cc1. The maximum atomic E-state index is 11.4. The lowest BCUT2D eigenvalue weighted by molar-refractivity contribution is -0.137. The minimum Gasteiger partial charge on any atom is -0.462 e. The van der Waals surface area contributed by atoms with Gasteiger partial charge in [0.2, 0.25) is 0 Å². The molecule has 0 unspecified atom stereocenters. The summed E-state index contributed by atoms with van der Waals surface area (Å²) < 4.78 is 4.93. The first-order valence-electron chi connectivity index (χ1n) is 4.40. The summed E-state index contributed by atoms with van der Waals surface area (Å²) in [4.78, 5) is 11.4. The van der Waals surface area contributed by atoms with Crippen molar-refractivity contribution in [1.29, 1.82) is 0 Å². The molecule has 0 saturated carbocycles. The maximum absolute atomic E-state index is 11.4. The fraction of sp³-hybridized carbons (Fsp3) is 0.182. The molecule has 1 aromatic rings. The zero-order chi connectivity index (χ0) is 9.97. The number of hydrogen-bond donors (Lipinski definition) is 0. The molecule has 72 valence electrons. The molecule has 0 amide bonds. The van der Waals surface area contributed by atoms with Crippen molar-refractivity contribution in [3.63, 3.8) is 0 Å². The summed E-state index contributed by atoms with van der Waals surface area (Å²) in [6.45, 7) is 0.482. The van der Waals surface area contributed by atoms with Crippen LogP contribution in [0.3, 0.4) is 0 Å². The predicted octanol–water partition coefficient (Wildman–Crippen LogP) is 2.67. The molecular formula is C11H9ClO2. The second-order valence-corrected chi connectivity index (χ2v) is 3.49. The van der Waals surface area contributed by atoms with Crippen LogP contribution in [0.15, 0.2) is 30.3 Å². The number of benzene rings is 1. The van der Waals surface area contributed by atoms with E-state index in [0.717, 1.165) is 12.0 Å². The van der Waals surface area contributed by atoms with Crippen molar-refractivity contribution in [2.24, 2.45) is 0 Å². The summed E-state index contributed by atoms with van der Waals surface area (Å²) in [7, 11) is 0. The van der Waals surface area contributed by atoms with Gasteiger partial charge in [-0.15, -0.1) is 0 Å². The lowest BCUT2D eigenvalue weighted by Crippen LogP contribution is -2.12. The van der Waals surface area contributed by atoms with Gasteiger partial charge in [-0.2, -0.15) is 0 Å². The number of carbonyl (C=O) groups is 1. The van der Waals surface area contributed by atoms with Gasteiger partial charge in [0.15, 0.2) is 0 Å². The Balaban J connectivity index is 2.34. The molecule has 0 atom stereocenters. The Bertz CT molecular complexity index is 379. The highest BCUT2D eigenvalue weighted by Crippen LogP contribution is 2.21. The lowest BCUT2D eigenvalue weighted by atomic mass is 10.0. The fourth-order valence-corrected chi connectivity index (χ4v) is 1.51. The third kappa shape index (κ3) is 1.80. The van der Waals surface area contributed by atoms with Gasteiger partial charge in [-0.05, 0) is 17.7 Å². The highest BCUT2D eigenvalue weighted by atomic mass is 35.5. The summed E-state index contributed by atoms with van der Waals surface area (Å²) in [5.74, 6) is -0.251. The van der Waals surface area contributed by atoms with Crippen LogP contribution in [0.25, 0.3) is 5.57 Å². The lowest BCUT2D eigenvalue weighted by Gasteiger charge is -2.12. The Labute approximate surface area is 87.1 Å². The highest BCUT2D eigenvalue weighted by Gasteiger charge is 2.16. The Morgan fingerprint density at radius 3 is 2.57 bits per heavy atom. The molecule has 0 spiro atoms. The average molecular weight is 209 g/mol. The zero-order valence-corrected chi connectivity index (χ0v) is 8.25. The molecule has 14 heavy (non-hydrogen) atoms. The highest BCUT2D eigenvalue weighted by molar-refractivity contribution is 6.30. The van der Waals surface area contributed by atoms with Crippen molar-refractivity contribution < 1.29 is 9.53 Å². The van der Waals surface area contributed by atoms with E-state index < -0.39 is 0 Å². The van der Waals surface area contributed by atoms with E-state index in [1.807, 2.05) is 18.2 Å². The quantitative estimate of drug-likeness (QED) is 0.664. The standard InChI is InChI=1S/C11H9ClO2/c12-9-5-3-8(4-6-9)10-2-1-7-14-11(10)13/h2-6H,1,7H2. The second kappa shape index (κ2) is 3.84. The van der Waals surface area contributed by atoms with E-state index in [-0.39, 0.29) is 5.97 Å². The average Bonchev–Trinajstić information content (AvgIpc) is 2.20. The number of carbonyl (C=O) groups excluding carboxylic acids is 1. The number of esters is 1. The number of rotatable bonds is 1. The molecule has 2 nitrogen and oxygen atoms in total. The fourth-order valence-electron chi connectivity index (χ4n) is 1.38. The van der Waals surface area contributed by atoms with Gasteiger partial charge in [-0.1, -0.05) is 29.8 Å². The molecule has 0 radical (unpaired) electrons. The Kier molecular flexibility index (Phi) is 2.55. The Morgan fingerprint density at radius 2 is 1.93 bits per heavy atom. The van der Waals surface area contributed by atoms with Gasteiger partial charge in [0.1, 0.15) is 0 Å². The molecule has 0 aromatic heterocycles. The number of ether oxygens (including phenoxy) is 1. The van der Waals surface area contributed by atoms with Crippen molar-refractivity contribution in [2.75, 3.05) is 6.61 Å². The minimum atomic E-state index is -0.251. The van der Waals surface area contributed by atoms with Crippen molar-refractivity contribution in [3.05, 3.63) is 40.9 Å². The van der Waals surface area contributed by atoms with Crippen molar-refractivity contribution in [3.8, 4) is 0 Å². The monoisotopic (exact) mass is 208 g/mol. The van der Waals surface area contributed by atoms with Gasteiger partial charge in [-0.3, -0.25) is 0 Å². The normalized spacial score (nSPS) is 16.1. The number of cyclic esters (lactones) is 1. The van der Waals surface area contributed by atoms with E-state index in [1.165, 1.54) is 0 Å². The minimum absolute atomic E-state index is 0.251. The van der Waals surface area contributed by atoms with Crippen molar-refractivity contribution in [1.82, 2.24) is 0 Å². The van der Waals surface area contributed by atoms with E-state index in [4.69, 9.17) is 16.3 Å². The summed E-state index contributed by atoms with van der Waals surface area (Å²) in [5.41, 5.74) is 1.49. The van der Waals surface area contributed by atoms with Gasteiger partial charge in [0.05, 0.1) is 12.2 Å². The summed E-state index contributed by atoms with van der Waals surface area (Å²) in [6.07, 6.45) is 2.68. The van der Waals surface area contributed by atoms with Crippen LogP contribution in [-0.4, -0.2) is 12.6 Å². The molecule has 0 N–H and O–H groups in total. The molecule has 1 aromatic carbocycles. The van der Waals surface area contributed by atoms with Crippen LogP contribution in [0.1, 0.15) is 12.0 Å². The summed E-state index contributed by atoms with van der Waals surface area (Å²) in [5, 5.41) is 0.665. The van der Waals surface area contributed by atoms with E-state index in [1.54, 1.807) is 12.1 Å². The molecule has 3 heteroatoms. The molecule has 0 saturated heterocycles. The smallest absolute Gasteiger partial charge is 0.338 e. The molecule has 1 aliphatic heterocycles. The summed E-state index contributed by atoms with van der Waals surface area (Å²) >= 11 is 5.75. The molecular weight excluding hydrogens is 200 g/mol. The first kappa shape index (κ1) is 9.28. The number of halogens is 1. The van der Waals surface area contributed by atoms with Crippen LogP contribution in [0, 0.1) is 0 Å². The molecule has 0 bridgehead atoms. The Morgan fingerprint density at radius 1 is 1.21 bits per heavy atom. The van der Waals surface area contributed by atoms with Gasteiger partial charge in [0.25, 0.3) is 0 Å². The third-order valence-corrected chi connectivity index (χ3v) is 2.33. The van der Waals surface area contributed by atoms with Crippen molar-refractivity contribution in [2.45, 2.75) is 6.42 Å². The molecule has 2 rings (SSSR count).